The molecule has 0 heterocycles. The van der Waals surface area contributed by atoms with E-state index in [9.17, 15) is 8.78 Å². The molecule has 1 aliphatic rings. The maximum Gasteiger partial charge on any atom is 0.149 e. The van der Waals surface area contributed by atoms with Gasteiger partial charge in [-0.3, -0.25) is 0 Å². The molecule has 2 nitrogen and oxygen atoms in total. The summed E-state index contributed by atoms with van der Waals surface area (Å²) in [6.07, 6.45) is 4.24. The molecule has 106 valence electrons. The number of halogens is 2. The van der Waals surface area contributed by atoms with Crippen LogP contribution in [0.25, 0.3) is 0 Å². The zero-order chi connectivity index (χ0) is 14.0. The number of hydrogen-bond acceptors (Lipinski definition) is 2. The second-order valence-electron chi connectivity index (χ2n) is 5.64. The van der Waals surface area contributed by atoms with Gasteiger partial charge in [0.2, 0.25) is 0 Å². The molecule has 4 heteroatoms. The minimum atomic E-state index is -0.512. The lowest BCUT2D eigenvalue weighted by Crippen LogP contribution is -2.36. The summed E-state index contributed by atoms with van der Waals surface area (Å²) in [5, 5.41) is 0. The van der Waals surface area contributed by atoms with Gasteiger partial charge in [0.15, 0.2) is 0 Å². The van der Waals surface area contributed by atoms with Gasteiger partial charge in [0.1, 0.15) is 17.3 Å². The lowest BCUT2D eigenvalue weighted by molar-refractivity contribution is 0.338. The van der Waals surface area contributed by atoms with Crippen LogP contribution < -0.4 is 10.6 Å². The van der Waals surface area contributed by atoms with E-state index in [0.29, 0.717) is 5.56 Å². The van der Waals surface area contributed by atoms with Crippen molar-refractivity contribution in [2.45, 2.75) is 45.2 Å². The van der Waals surface area contributed by atoms with Crippen LogP contribution in [0.15, 0.2) is 12.1 Å². The standard InChI is InChI=1S/C15H22F2N2/c1-10-3-5-12(6-4-10)19(2)15-13(16)7-11(9-18)8-14(15)17/h7-8,10,12H,3-6,9,18H2,1-2H3. The van der Waals surface area contributed by atoms with Gasteiger partial charge in [0.25, 0.3) is 0 Å². The van der Waals surface area contributed by atoms with Crippen molar-refractivity contribution in [3.8, 4) is 0 Å². The van der Waals surface area contributed by atoms with Crippen molar-refractivity contribution in [3.63, 3.8) is 0 Å². The van der Waals surface area contributed by atoms with Crippen molar-refractivity contribution in [1.82, 2.24) is 0 Å². The first-order chi connectivity index (χ1) is 9.02. The SMILES string of the molecule is CC1CCC(N(C)c2c(F)cc(CN)cc2F)CC1. The van der Waals surface area contributed by atoms with Crippen LogP contribution in [0.5, 0.6) is 0 Å². The molecule has 0 unspecified atom stereocenters. The Hall–Kier alpha value is -1.16. The van der Waals surface area contributed by atoms with E-state index < -0.39 is 11.6 Å². The Balaban J connectivity index is 2.21. The van der Waals surface area contributed by atoms with Crippen molar-refractivity contribution in [2.75, 3.05) is 11.9 Å². The van der Waals surface area contributed by atoms with Crippen LogP contribution in [-0.2, 0) is 6.54 Å². The molecule has 2 rings (SSSR count). The molecule has 0 radical (unpaired) electrons. The molecule has 0 atom stereocenters. The predicted molar refractivity (Wildman–Crippen MR) is 74.1 cm³/mol. The summed E-state index contributed by atoms with van der Waals surface area (Å²) in [4.78, 5) is 1.76. The Kier molecular flexibility index (Phi) is 4.40. The number of rotatable bonds is 3. The van der Waals surface area contributed by atoms with Crippen LogP contribution in [0.2, 0.25) is 0 Å². The van der Waals surface area contributed by atoms with Crippen LogP contribution >= 0.6 is 0 Å². The Morgan fingerprint density at radius 3 is 2.16 bits per heavy atom. The fourth-order valence-electron chi connectivity index (χ4n) is 2.89. The molecule has 0 bridgehead atoms. The minimum Gasteiger partial charge on any atom is -0.367 e. The monoisotopic (exact) mass is 268 g/mol. The quantitative estimate of drug-likeness (QED) is 0.910. The molecule has 1 aromatic rings. The number of nitrogens with two attached hydrogens (primary N) is 1. The largest absolute Gasteiger partial charge is 0.367 e. The van der Waals surface area contributed by atoms with Crippen molar-refractivity contribution in [1.29, 1.82) is 0 Å². The van der Waals surface area contributed by atoms with Gasteiger partial charge < -0.3 is 10.6 Å². The first kappa shape index (κ1) is 14.3. The summed E-state index contributed by atoms with van der Waals surface area (Å²) in [6.45, 7) is 2.38. The van der Waals surface area contributed by atoms with Gasteiger partial charge in [-0.25, -0.2) is 8.78 Å². The number of nitrogens with zero attached hydrogens (tertiary/aromatic N) is 1. The number of anilines is 1. The highest BCUT2D eigenvalue weighted by molar-refractivity contribution is 5.51. The van der Waals surface area contributed by atoms with Gasteiger partial charge in [0, 0.05) is 19.6 Å². The molecule has 19 heavy (non-hydrogen) atoms. The van der Waals surface area contributed by atoms with Gasteiger partial charge in [-0.05, 0) is 49.3 Å². The summed E-state index contributed by atoms with van der Waals surface area (Å²) in [7, 11) is 1.78. The fourth-order valence-corrected chi connectivity index (χ4v) is 2.89. The van der Waals surface area contributed by atoms with Crippen LogP contribution in [0.3, 0.4) is 0 Å². The minimum absolute atomic E-state index is 0.0803. The van der Waals surface area contributed by atoms with Crippen molar-refractivity contribution in [2.24, 2.45) is 11.7 Å². The smallest absolute Gasteiger partial charge is 0.149 e. The van der Waals surface area contributed by atoms with E-state index >= 15 is 0 Å². The summed E-state index contributed by atoms with van der Waals surface area (Å²) >= 11 is 0. The molecule has 0 aliphatic heterocycles. The zero-order valence-corrected chi connectivity index (χ0v) is 11.6. The van der Waals surface area contributed by atoms with Gasteiger partial charge in [-0.1, -0.05) is 6.92 Å². The highest BCUT2D eigenvalue weighted by Gasteiger charge is 2.25. The topological polar surface area (TPSA) is 29.3 Å². The van der Waals surface area contributed by atoms with Gasteiger partial charge in [-0.15, -0.1) is 0 Å². The third kappa shape index (κ3) is 3.06. The Morgan fingerprint density at radius 1 is 1.16 bits per heavy atom. The number of hydrogen-bond donors (Lipinski definition) is 1. The first-order valence-electron chi connectivity index (χ1n) is 6.93. The fraction of sp³-hybridized carbons (Fsp3) is 0.600. The molecular weight excluding hydrogens is 246 g/mol. The summed E-state index contributed by atoms with van der Waals surface area (Å²) in [5.74, 6) is -0.304. The maximum absolute atomic E-state index is 14.0. The Labute approximate surface area is 113 Å². The first-order valence-corrected chi connectivity index (χ1v) is 6.93. The van der Waals surface area contributed by atoms with Crippen molar-refractivity contribution >= 4 is 5.69 Å². The average molecular weight is 268 g/mol. The molecule has 0 aromatic heterocycles. The van der Waals surface area contributed by atoms with Crippen molar-refractivity contribution < 1.29 is 8.78 Å². The molecule has 1 fully saturated rings. The van der Waals surface area contributed by atoms with E-state index in [4.69, 9.17) is 5.73 Å². The van der Waals surface area contributed by atoms with E-state index in [1.54, 1.807) is 11.9 Å². The third-order valence-electron chi connectivity index (χ3n) is 4.20. The molecule has 1 saturated carbocycles. The molecule has 1 aliphatic carbocycles. The Morgan fingerprint density at radius 2 is 1.68 bits per heavy atom. The third-order valence-corrected chi connectivity index (χ3v) is 4.20. The maximum atomic E-state index is 14.0. The summed E-state index contributed by atoms with van der Waals surface area (Å²) < 4.78 is 28.1. The summed E-state index contributed by atoms with van der Waals surface area (Å²) in [6, 6.07) is 2.89. The average Bonchev–Trinajstić information content (AvgIpc) is 2.38. The summed E-state index contributed by atoms with van der Waals surface area (Å²) in [5.41, 5.74) is 6.00. The van der Waals surface area contributed by atoms with E-state index in [-0.39, 0.29) is 18.3 Å². The zero-order valence-electron chi connectivity index (χ0n) is 11.6. The highest BCUT2D eigenvalue weighted by atomic mass is 19.1. The molecule has 0 amide bonds. The van der Waals surface area contributed by atoms with Gasteiger partial charge in [-0.2, -0.15) is 0 Å². The normalized spacial score (nSPS) is 23.4. The molecular formula is C15H22F2N2. The second kappa shape index (κ2) is 5.87. The van der Waals surface area contributed by atoms with Gasteiger partial charge >= 0.3 is 0 Å². The highest BCUT2D eigenvalue weighted by Crippen LogP contribution is 2.32. The molecule has 1 aromatic carbocycles. The van der Waals surface area contributed by atoms with Crippen LogP contribution in [0, 0.1) is 17.6 Å². The lowest BCUT2D eigenvalue weighted by atomic mass is 9.86. The van der Waals surface area contributed by atoms with E-state index in [2.05, 4.69) is 6.92 Å². The molecule has 0 saturated heterocycles. The number of benzene rings is 1. The van der Waals surface area contributed by atoms with E-state index in [0.717, 1.165) is 31.6 Å². The van der Waals surface area contributed by atoms with Crippen LogP contribution in [0.1, 0.15) is 38.2 Å². The van der Waals surface area contributed by atoms with Gasteiger partial charge in [0.05, 0.1) is 0 Å². The van der Waals surface area contributed by atoms with Crippen LogP contribution in [-0.4, -0.2) is 13.1 Å². The molecule has 0 spiro atoms. The predicted octanol–water partition coefficient (Wildman–Crippen LogP) is 3.44. The van der Waals surface area contributed by atoms with Crippen LogP contribution in [0.4, 0.5) is 14.5 Å². The van der Waals surface area contributed by atoms with E-state index in [1.165, 1.54) is 12.1 Å². The van der Waals surface area contributed by atoms with Crippen molar-refractivity contribution in [3.05, 3.63) is 29.3 Å². The molecule has 2 N–H and O–H groups in total. The lowest BCUT2D eigenvalue weighted by Gasteiger charge is -2.35. The Bertz CT molecular complexity index is 417. The second-order valence-corrected chi connectivity index (χ2v) is 5.64. The van der Waals surface area contributed by atoms with E-state index in [1.807, 2.05) is 0 Å².